The number of carboxylic acids is 1. The number of nitrogens with two attached hydrogens (primary N) is 1. The number of amides is 3. The molecule has 0 spiro atoms. The molecule has 5 atom stereocenters. The third kappa shape index (κ3) is 6.78. The summed E-state index contributed by atoms with van der Waals surface area (Å²) >= 11 is 0. The smallest absolute Gasteiger partial charge is 0.326 e. The molecule has 1 heterocycles. The number of carbonyl (C=O) groups excluding carboxylic acids is 3. The second kappa shape index (κ2) is 11.6. The van der Waals surface area contributed by atoms with Crippen LogP contribution >= 0.6 is 0 Å². The van der Waals surface area contributed by atoms with Gasteiger partial charge in [-0.25, -0.2) is 4.79 Å². The number of nitrogens with one attached hydrogen (secondary N) is 4. The molecule has 34 heavy (non-hydrogen) atoms. The first kappa shape index (κ1) is 26.8. The Hall–Kier alpha value is -3.44. The van der Waals surface area contributed by atoms with E-state index in [2.05, 4.69) is 20.9 Å². The number of H-pyrrole nitrogens is 1. The van der Waals surface area contributed by atoms with Crippen LogP contribution in [0.3, 0.4) is 0 Å². The number of fused-ring (bicyclic) bond motifs is 1. The SMILES string of the molecule is CC(NC(=O)C(N)C(C)O)C(=O)NC(Cc1c[nH]c2ccccc12)C(=O)NC(C(=O)O)C(C)C. The lowest BCUT2D eigenvalue weighted by Gasteiger charge is -2.25. The summed E-state index contributed by atoms with van der Waals surface area (Å²) in [7, 11) is 0. The molecule has 1 aromatic carbocycles. The molecule has 3 amide bonds. The van der Waals surface area contributed by atoms with Crippen LogP contribution in [-0.4, -0.2) is 69.2 Å². The van der Waals surface area contributed by atoms with Gasteiger partial charge in [-0.15, -0.1) is 0 Å². The van der Waals surface area contributed by atoms with Crippen molar-refractivity contribution < 1.29 is 29.4 Å². The van der Waals surface area contributed by atoms with Gasteiger partial charge in [-0.05, 0) is 31.4 Å². The van der Waals surface area contributed by atoms with E-state index in [1.807, 2.05) is 24.3 Å². The number of aliphatic hydroxyl groups excluding tert-OH is 1. The van der Waals surface area contributed by atoms with Crippen LogP contribution in [0.25, 0.3) is 10.9 Å². The Balaban J connectivity index is 2.23. The molecule has 0 aliphatic heterocycles. The van der Waals surface area contributed by atoms with Crippen LogP contribution in [-0.2, 0) is 25.6 Å². The van der Waals surface area contributed by atoms with Crippen molar-refractivity contribution in [2.24, 2.45) is 11.7 Å². The first-order chi connectivity index (χ1) is 15.9. The van der Waals surface area contributed by atoms with E-state index in [0.29, 0.717) is 0 Å². The Morgan fingerprint density at radius 2 is 1.62 bits per heavy atom. The highest BCUT2D eigenvalue weighted by Gasteiger charge is 2.31. The number of para-hydroxylation sites is 1. The minimum absolute atomic E-state index is 0.0832. The van der Waals surface area contributed by atoms with Crippen LogP contribution in [0, 0.1) is 5.92 Å². The molecular weight excluding hydrogens is 442 g/mol. The Labute approximate surface area is 197 Å². The fourth-order valence-corrected chi connectivity index (χ4v) is 3.39. The molecule has 0 aliphatic carbocycles. The maximum absolute atomic E-state index is 13.1. The summed E-state index contributed by atoms with van der Waals surface area (Å²) in [5.74, 6) is -3.62. The number of rotatable bonds is 11. The lowest BCUT2D eigenvalue weighted by molar-refractivity contribution is -0.143. The van der Waals surface area contributed by atoms with Crippen molar-refractivity contribution in [3.05, 3.63) is 36.0 Å². The number of hydrogen-bond donors (Lipinski definition) is 7. The Bertz CT molecular complexity index is 1030. The predicted molar refractivity (Wildman–Crippen MR) is 126 cm³/mol. The molecule has 0 radical (unpaired) electrons. The van der Waals surface area contributed by atoms with E-state index in [-0.39, 0.29) is 12.3 Å². The van der Waals surface area contributed by atoms with Crippen LogP contribution in [0.2, 0.25) is 0 Å². The zero-order valence-electron chi connectivity index (χ0n) is 19.7. The average Bonchev–Trinajstić information content (AvgIpc) is 3.18. The molecular formula is C23H33N5O6. The molecule has 0 aliphatic rings. The van der Waals surface area contributed by atoms with Crippen LogP contribution in [0.1, 0.15) is 33.3 Å². The van der Waals surface area contributed by atoms with Gasteiger partial charge in [0.2, 0.25) is 17.7 Å². The molecule has 8 N–H and O–H groups in total. The minimum atomic E-state index is -1.22. The van der Waals surface area contributed by atoms with E-state index in [4.69, 9.17) is 5.73 Å². The van der Waals surface area contributed by atoms with E-state index in [9.17, 15) is 29.4 Å². The number of hydrogen-bond acceptors (Lipinski definition) is 6. The molecule has 0 fully saturated rings. The number of aromatic nitrogens is 1. The van der Waals surface area contributed by atoms with Gasteiger partial charge < -0.3 is 36.9 Å². The predicted octanol–water partition coefficient (Wildman–Crippen LogP) is -0.367. The zero-order chi connectivity index (χ0) is 25.6. The summed E-state index contributed by atoms with van der Waals surface area (Å²) < 4.78 is 0. The number of carbonyl (C=O) groups is 4. The van der Waals surface area contributed by atoms with Gasteiger partial charge in [-0.3, -0.25) is 14.4 Å². The summed E-state index contributed by atoms with van der Waals surface area (Å²) in [4.78, 5) is 52.6. The molecule has 2 rings (SSSR count). The van der Waals surface area contributed by atoms with Gasteiger partial charge in [-0.1, -0.05) is 32.0 Å². The number of aliphatic hydroxyl groups is 1. The first-order valence-corrected chi connectivity index (χ1v) is 11.0. The Morgan fingerprint density at radius 1 is 0.971 bits per heavy atom. The molecule has 2 aromatic rings. The summed E-state index contributed by atoms with van der Waals surface area (Å²) in [6.07, 6.45) is 0.695. The quantitative estimate of drug-likeness (QED) is 0.231. The van der Waals surface area contributed by atoms with Gasteiger partial charge in [0.05, 0.1) is 6.10 Å². The molecule has 0 saturated heterocycles. The van der Waals surface area contributed by atoms with Gasteiger partial charge in [0.1, 0.15) is 24.2 Å². The molecule has 186 valence electrons. The van der Waals surface area contributed by atoms with Crippen LogP contribution in [0.15, 0.2) is 30.5 Å². The minimum Gasteiger partial charge on any atom is -0.480 e. The van der Waals surface area contributed by atoms with Gasteiger partial charge in [0, 0.05) is 23.5 Å². The van der Waals surface area contributed by atoms with Crippen molar-refractivity contribution in [1.82, 2.24) is 20.9 Å². The molecule has 0 bridgehead atoms. The maximum Gasteiger partial charge on any atom is 0.326 e. The third-order valence-corrected chi connectivity index (χ3v) is 5.54. The standard InChI is InChI=1S/C23H33N5O6/c1-11(2)19(23(33)34)28-21(31)17(9-14-10-25-16-8-6-5-7-15(14)16)27-20(30)12(3)26-22(32)18(24)13(4)29/h5-8,10-13,17-19,25,29H,9,24H2,1-4H3,(H,26,32)(H,27,30)(H,28,31)(H,33,34). The fraction of sp³-hybridized carbons (Fsp3) is 0.478. The van der Waals surface area contributed by atoms with Gasteiger partial charge in [-0.2, -0.15) is 0 Å². The van der Waals surface area contributed by atoms with Crippen LogP contribution in [0.5, 0.6) is 0 Å². The van der Waals surface area contributed by atoms with Crippen molar-refractivity contribution in [3.63, 3.8) is 0 Å². The lowest BCUT2D eigenvalue weighted by atomic mass is 10.0. The monoisotopic (exact) mass is 475 g/mol. The highest BCUT2D eigenvalue weighted by Crippen LogP contribution is 2.19. The van der Waals surface area contributed by atoms with Gasteiger partial charge in [0.25, 0.3) is 0 Å². The van der Waals surface area contributed by atoms with Crippen molar-refractivity contribution >= 4 is 34.6 Å². The normalized spacial score (nSPS) is 15.7. The molecule has 11 nitrogen and oxygen atoms in total. The molecule has 0 saturated carbocycles. The summed E-state index contributed by atoms with van der Waals surface area (Å²) in [5, 5.41) is 27.3. The van der Waals surface area contributed by atoms with Crippen LogP contribution < -0.4 is 21.7 Å². The van der Waals surface area contributed by atoms with Gasteiger partial charge in [0.15, 0.2) is 0 Å². The maximum atomic E-state index is 13.1. The number of carboxylic acid groups (broad SMARTS) is 1. The number of benzene rings is 1. The van der Waals surface area contributed by atoms with Crippen molar-refractivity contribution in [2.45, 2.75) is 64.4 Å². The van der Waals surface area contributed by atoms with E-state index in [0.717, 1.165) is 16.5 Å². The second-order valence-electron chi connectivity index (χ2n) is 8.69. The average molecular weight is 476 g/mol. The third-order valence-electron chi connectivity index (χ3n) is 5.54. The second-order valence-corrected chi connectivity index (χ2v) is 8.69. The van der Waals surface area contributed by atoms with Crippen LogP contribution in [0.4, 0.5) is 0 Å². The molecule has 11 heteroatoms. The summed E-state index contributed by atoms with van der Waals surface area (Å²) in [6.45, 7) is 6.09. The van der Waals surface area contributed by atoms with E-state index in [1.165, 1.54) is 13.8 Å². The molecule has 5 unspecified atom stereocenters. The fourth-order valence-electron chi connectivity index (χ4n) is 3.39. The van der Waals surface area contributed by atoms with E-state index >= 15 is 0 Å². The summed E-state index contributed by atoms with van der Waals surface area (Å²) in [6, 6.07) is 2.90. The van der Waals surface area contributed by atoms with Crippen molar-refractivity contribution in [3.8, 4) is 0 Å². The summed E-state index contributed by atoms with van der Waals surface area (Å²) in [5.41, 5.74) is 7.19. The Morgan fingerprint density at radius 3 is 2.21 bits per heavy atom. The number of aliphatic carboxylic acids is 1. The Kier molecular flexibility index (Phi) is 9.16. The van der Waals surface area contributed by atoms with Crippen molar-refractivity contribution in [1.29, 1.82) is 0 Å². The van der Waals surface area contributed by atoms with E-state index < -0.39 is 54.0 Å². The number of aromatic amines is 1. The lowest BCUT2D eigenvalue weighted by Crippen LogP contribution is -2.58. The highest BCUT2D eigenvalue weighted by molar-refractivity contribution is 5.94. The topological polar surface area (TPSA) is 187 Å². The van der Waals surface area contributed by atoms with Gasteiger partial charge >= 0.3 is 5.97 Å². The zero-order valence-corrected chi connectivity index (χ0v) is 19.7. The highest BCUT2D eigenvalue weighted by atomic mass is 16.4. The van der Waals surface area contributed by atoms with Crippen molar-refractivity contribution in [2.75, 3.05) is 0 Å². The first-order valence-electron chi connectivity index (χ1n) is 11.0. The molecule has 1 aromatic heterocycles. The largest absolute Gasteiger partial charge is 0.480 e. The van der Waals surface area contributed by atoms with E-state index in [1.54, 1.807) is 20.0 Å².